The van der Waals surface area contributed by atoms with Crippen LogP contribution in [-0.4, -0.2) is 52.7 Å². The Kier molecular flexibility index (Phi) is 9.14. The second-order valence-electron chi connectivity index (χ2n) is 2.86. The minimum atomic E-state index is -3.56. The number of aliphatic hydroxyl groups excluding tert-OH is 1. The Bertz CT molecular complexity index is 209. The third-order valence-corrected chi connectivity index (χ3v) is 3.87. The predicted octanol–water partition coefficient (Wildman–Crippen LogP) is 0.838. The molecular formula is C7H17Cl2N2O3P. The second-order valence-corrected chi connectivity index (χ2v) is 5.59. The molecule has 8 heteroatoms. The number of nitrogens with one attached hydrogen (secondary N) is 1. The summed E-state index contributed by atoms with van der Waals surface area (Å²) in [5.74, 6) is 0.526. The summed E-state index contributed by atoms with van der Waals surface area (Å²) in [7, 11) is -3.56. The first-order valence-corrected chi connectivity index (χ1v) is 7.32. The van der Waals surface area contributed by atoms with E-state index in [1.54, 1.807) is 0 Å². The molecule has 0 saturated heterocycles. The lowest BCUT2D eigenvalue weighted by atomic mass is 10.4. The van der Waals surface area contributed by atoms with Crippen molar-refractivity contribution in [3.63, 3.8) is 0 Å². The summed E-state index contributed by atoms with van der Waals surface area (Å²) in [6, 6.07) is 0. The van der Waals surface area contributed by atoms with E-state index in [1.165, 1.54) is 4.67 Å². The molecule has 0 bridgehead atoms. The van der Waals surface area contributed by atoms with Gasteiger partial charge >= 0.3 is 7.67 Å². The molecule has 0 aromatic carbocycles. The third kappa shape index (κ3) is 6.74. The van der Waals surface area contributed by atoms with Gasteiger partial charge in [0.05, 0.1) is 0 Å². The molecule has 1 unspecified atom stereocenters. The van der Waals surface area contributed by atoms with E-state index in [1.807, 2.05) is 0 Å². The summed E-state index contributed by atoms with van der Waals surface area (Å²) < 4.78 is 13.1. The van der Waals surface area contributed by atoms with Gasteiger partial charge in [-0.15, -0.1) is 23.2 Å². The Morgan fingerprint density at radius 2 is 1.93 bits per heavy atom. The highest BCUT2D eigenvalue weighted by Crippen LogP contribution is 2.39. The van der Waals surface area contributed by atoms with Crippen LogP contribution in [0.15, 0.2) is 0 Å². The summed E-state index contributed by atoms with van der Waals surface area (Å²) in [4.78, 5) is 9.63. The van der Waals surface area contributed by atoms with Crippen LogP contribution in [0.3, 0.4) is 0 Å². The van der Waals surface area contributed by atoms with Crippen molar-refractivity contribution in [2.24, 2.45) is 0 Å². The van der Waals surface area contributed by atoms with Crippen molar-refractivity contribution in [2.45, 2.75) is 6.42 Å². The van der Waals surface area contributed by atoms with Crippen LogP contribution in [0.1, 0.15) is 6.42 Å². The number of halogens is 2. The molecule has 15 heavy (non-hydrogen) atoms. The molecule has 0 aliphatic carbocycles. The molecule has 3 N–H and O–H groups in total. The van der Waals surface area contributed by atoms with Gasteiger partial charge in [-0.3, -0.25) is 4.57 Å². The smallest absolute Gasteiger partial charge is 0.340 e. The number of hydrogen-bond donors (Lipinski definition) is 3. The van der Waals surface area contributed by atoms with Gasteiger partial charge in [-0.25, -0.2) is 9.76 Å². The molecule has 5 nitrogen and oxygen atoms in total. The van der Waals surface area contributed by atoms with Gasteiger partial charge < -0.3 is 10.00 Å². The van der Waals surface area contributed by atoms with E-state index in [0.717, 1.165) is 0 Å². The first-order valence-electron chi connectivity index (χ1n) is 4.64. The lowest BCUT2D eigenvalue weighted by molar-refractivity contribution is 0.262. The third-order valence-electron chi connectivity index (χ3n) is 1.71. The standard InChI is InChI=1S/C7H17Cl2N2O3P/c8-2-4-10-15(13,14)11(6-3-9)5-1-7-12/h12H,1-7H2,(H2,10,13,14). The van der Waals surface area contributed by atoms with Crippen LogP contribution in [0, 0.1) is 0 Å². The van der Waals surface area contributed by atoms with Gasteiger partial charge in [0, 0.05) is 38.0 Å². The summed E-state index contributed by atoms with van der Waals surface area (Å²) in [5.41, 5.74) is 0. The maximum absolute atomic E-state index is 11.7. The van der Waals surface area contributed by atoms with Gasteiger partial charge in [0.25, 0.3) is 0 Å². The molecule has 0 aliphatic heterocycles. The van der Waals surface area contributed by atoms with Crippen molar-refractivity contribution in [3.05, 3.63) is 0 Å². The fourth-order valence-electron chi connectivity index (χ4n) is 1.02. The number of nitrogens with zero attached hydrogens (tertiary/aromatic N) is 1. The van der Waals surface area contributed by atoms with Crippen molar-refractivity contribution < 1.29 is 14.6 Å². The van der Waals surface area contributed by atoms with Crippen LogP contribution in [-0.2, 0) is 4.57 Å². The molecule has 0 fully saturated rings. The highest BCUT2D eigenvalue weighted by molar-refractivity contribution is 7.53. The Labute approximate surface area is 99.9 Å². The Morgan fingerprint density at radius 1 is 1.27 bits per heavy atom. The monoisotopic (exact) mass is 278 g/mol. The average molecular weight is 279 g/mol. The fourth-order valence-corrected chi connectivity index (χ4v) is 2.96. The van der Waals surface area contributed by atoms with Crippen molar-refractivity contribution in [1.29, 1.82) is 0 Å². The molecule has 92 valence electrons. The molecule has 0 aromatic heterocycles. The Hall–Kier alpha value is 0.650. The van der Waals surface area contributed by atoms with E-state index < -0.39 is 7.67 Å². The van der Waals surface area contributed by atoms with Crippen LogP contribution < -0.4 is 5.09 Å². The molecule has 0 aliphatic rings. The highest BCUT2D eigenvalue weighted by Gasteiger charge is 2.26. The van der Waals surface area contributed by atoms with E-state index >= 15 is 0 Å². The van der Waals surface area contributed by atoms with Gasteiger partial charge in [-0.2, -0.15) is 0 Å². The minimum Gasteiger partial charge on any atom is -0.396 e. The molecule has 0 saturated carbocycles. The van der Waals surface area contributed by atoms with E-state index in [2.05, 4.69) is 5.09 Å². The minimum absolute atomic E-state index is 0.0196. The number of hydrogen-bond acceptors (Lipinski definition) is 2. The van der Waals surface area contributed by atoms with Crippen LogP contribution in [0.25, 0.3) is 0 Å². The van der Waals surface area contributed by atoms with Crippen LogP contribution in [0.5, 0.6) is 0 Å². The van der Waals surface area contributed by atoms with Gasteiger partial charge in [-0.05, 0) is 6.42 Å². The molecule has 1 atom stereocenters. The molecular weight excluding hydrogens is 262 g/mol. The van der Waals surface area contributed by atoms with E-state index in [4.69, 9.17) is 28.3 Å². The van der Waals surface area contributed by atoms with Gasteiger partial charge in [-0.1, -0.05) is 0 Å². The lowest BCUT2D eigenvalue weighted by Crippen LogP contribution is -2.31. The zero-order valence-electron chi connectivity index (χ0n) is 8.40. The maximum Gasteiger partial charge on any atom is 0.340 e. The summed E-state index contributed by atoms with van der Waals surface area (Å²) in [5, 5.41) is 11.1. The lowest BCUT2D eigenvalue weighted by Gasteiger charge is -2.26. The first-order chi connectivity index (χ1) is 7.08. The van der Waals surface area contributed by atoms with Crippen molar-refractivity contribution >= 4 is 30.9 Å². The van der Waals surface area contributed by atoms with Crippen LogP contribution in [0.2, 0.25) is 0 Å². The van der Waals surface area contributed by atoms with Crippen LogP contribution >= 0.6 is 30.9 Å². The SMILES string of the molecule is O=P(O)(NCCCl)N(CCCl)CCCO. The van der Waals surface area contributed by atoms with Crippen molar-refractivity contribution in [3.8, 4) is 0 Å². The topological polar surface area (TPSA) is 72.8 Å². The van der Waals surface area contributed by atoms with E-state index in [0.29, 0.717) is 19.5 Å². The van der Waals surface area contributed by atoms with E-state index in [9.17, 15) is 9.46 Å². The molecule has 0 rings (SSSR count). The second kappa shape index (κ2) is 8.76. The van der Waals surface area contributed by atoms with Crippen molar-refractivity contribution in [1.82, 2.24) is 9.76 Å². The van der Waals surface area contributed by atoms with E-state index in [-0.39, 0.29) is 24.9 Å². The summed E-state index contributed by atoms with van der Waals surface area (Å²) >= 11 is 10.9. The molecule has 0 heterocycles. The van der Waals surface area contributed by atoms with Gasteiger partial charge in [0.15, 0.2) is 0 Å². The van der Waals surface area contributed by atoms with Gasteiger partial charge in [0.1, 0.15) is 0 Å². The molecule has 0 amide bonds. The normalized spacial score (nSPS) is 15.5. The Balaban J connectivity index is 4.22. The number of aliphatic hydroxyl groups is 1. The van der Waals surface area contributed by atoms with Crippen molar-refractivity contribution in [2.75, 3.05) is 38.0 Å². The predicted molar refractivity (Wildman–Crippen MR) is 62.5 cm³/mol. The Morgan fingerprint density at radius 3 is 2.40 bits per heavy atom. The average Bonchev–Trinajstić information content (AvgIpc) is 2.21. The molecule has 0 aromatic rings. The quantitative estimate of drug-likeness (QED) is 0.431. The zero-order valence-corrected chi connectivity index (χ0v) is 10.8. The molecule has 0 radical (unpaired) electrons. The summed E-state index contributed by atoms with van der Waals surface area (Å²) in [6.07, 6.45) is 0.435. The molecule has 0 spiro atoms. The largest absolute Gasteiger partial charge is 0.396 e. The summed E-state index contributed by atoms with van der Waals surface area (Å²) in [6.45, 7) is 0.860. The number of rotatable bonds is 9. The zero-order chi connectivity index (χ0) is 11.7. The highest BCUT2D eigenvalue weighted by atomic mass is 35.5. The number of alkyl halides is 2. The fraction of sp³-hybridized carbons (Fsp3) is 1.00. The van der Waals surface area contributed by atoms with Crippen LogP contribution in [0.4, 0.5) is 0 Å². The maximum atomic E-state index is 11.7. The van der Waals surface area contributed by atoms with Gasteiger partial charge in [0.2, 0.25) is 0 Å². The first kappa shape index (κ1) is 15.7.